The second-order valence-electron chi connectivity index (χ2n) is 11.6. The van der Waals surface area contributed by atoms with Crippen molar-refractivity contribution >= 4 is 17.3 Å². The normalized spacial score (nSPS) is 14.5. The minimum Gasteiger partial charge on any atom is -0.474 e. The van der Waals surface area contributed by atoms with Gasteiger partial charge < -0.3 is 30.5 Å². The number of likely N-dealkylation sites (N-methyl/N-ethyl adjacent to an activating group) is 1. The predicted octanol–water partition coefficient (Wildman–Crippen LogP) is 4.55. The molecule has 40 heavy (non-hydrogen) atoms. The van der Waals surface area contributed by atoms with Crippen LogP contribution in [-0.4, -0.2) is 83.5 Å². The third-order valence-electron chi connectivity index (χ3n) is 6.43. The van der Waals surface area contributed by atoms with Gasteiger partial charge in [-0.2, -0.15) is 0 Å². The van der Waals surface area contributed by atoms with Crippen LogP contribution in [-0.2, 0) is 11.3 Å². The number of nitrogens with zero attached hydrogens (tertiary/aromatic N) is 4. The van der Waals surface area contributed by atoms with Gasteiger partial charge in [0.2, 0.25) is 0 Å². The summed E-state index contributed by atoms with van der Waals surface area (Å²) in [6.07, 6.45) is 1.77. The van der Waals surface area contributed by atoms with Crippen molar-refractivity contribution in [2.75, 3.05) is 56.9 Å². The van der Waals surface area contributed by atoms with Crippen LogP contribution in [0.2, 0.25) is 0 Å². The zero-order valence-corrected chi connectivity index (χ0v) is 25.1. The van der Waals surface area contributed by atoms with Crippen molar-refractivity contribution in [3.05, 3.63) is 78.7 Å². The van der Waals surface area contributed by atoms with E-state index in [1.165, 1.54) is 0 Å². The molecule has 1 aliphatic rings. The molecule has 0 atom stereocenters. The van der Waals surface area contributed by atoms with Gasteiger partial charge in [-0.25, -0.2) is 0 Å². The number of piperazine rings is 1. The molecule has 9 heteroatoms. The van der Waals surface area contributed by atoms with E-state index in [9.17, 15) is 4.79 Å². The van der Waals surface area contributed by atoms with E-state index in [-0.39, 0.29) is 17.6 Å². The largest absolute Gasteiger partial charge is 0.474 e. The molecule has 0 saturated carbocycles. The van der Waals surface area contributed by atoms with Crippen molar-refractivity contribution in [2.24, 2.45) is 0 Å². The molecule has 1 amide bonds. The van der Waals surface area contributed by atoms with Crippen LogP contribution in [0.15, 0.2) is 67.5 Å². The van der Waals surface area contributed by atoms with Crippen LogP contribution in [0.3, 0.4) is 0 Å². The summed E-state index contributed by atoms with van der Waals surface area (Å²) in [5, 5.41) is 9.53. The molecule has 1 fully saturated rings. The highest BCUT2D eigenvalue weighted by molar-refractivity contribution is 6.04. The van der Waals surface area contributed by atoms with Crippen molar-refractivity contribution in [3.63, 3.8) is 0 Å². The number of hydrogen-bond acceptors (Lipinski definition) is 8. The van der Waals surface area contributed by atoms with E-state index < -0.39 is 0 Å². The monoisotopic (exact) mass is 549 g/mol. The number of aromatic nitrogens is 1. The summed E-state index contributed by atoms with van der Waals surface area (Å²) in [7, 11) is 2.17. The van der Waals surface area contributed by atoms with E-state index in [0.717, 1.165) is 50.7 Å². The summed E-state index contributed by atoms with van der Waals surface area (Å²) >= 11 is 0. The lowest BCUT2D eigenvalue weighted by Gasteiger charge is -2.35. The lowest BCUT2D eigenvalue weighted by atomic mass is 10.2. The maximum Gasteiger partial charge on any atom is 0.274 e. The summed E-state index contributed by atoms with van der Waals surface area (Å²) in [5.74, 6) is 1.01. The summed E-state index contributed by atoms with van der Waals surface area (Å²) in [5.41, 5.74) is 2.27. The van der Waals surface area contributed by atoms with Crippen LogP contribution in [0, 0.1) is 0 Å². The van der Waals surface area contributed by atoms with E-state index in [1.54, 1.807) is 12.3 Å². The second kappa shape index (κ2) is 14.2. The van der Waals surface area contributed by atoms with Crippen LogP contribution in [0.4, 0.5) is 11.4 Å². The number of pyridine rings is 1. The molecule has 1 saturated heterocycles. The standard InChI is InChI=1S/C31H47N7O2/c1-23(2)33-24(3)38(20-19-37-17-15-36(8)16-18-37)22-26-13-14-29(32-21-26)30(39)35-28-12-10-9-11-27(28)34-25(4)40-31(5,6)7/h9-14,21,23,33-34H,3-4,15-20,22H2,1-2,5-8H3,(H,35,39). The molecular weight excluding hydrogens is 502 g/mol. The smallest absolute Gasteiger partial charge is 0.274 e. The molecule has 0 bridgehead atoms. The van der Waals surface area contributed by atoms with Gasteiger partial charge >= 0.3 is 0 Å². The first-order chi connectivity index (χ1) is 18.9. The predicted molar refractivity (Wildman–Crippen MR) is 164 cm³/mol. The summed E-state index contributed by atoms with van der Waals surface area (Å²) in [6.45, 7) is 25.1. The van der Waals surface area contributed by atoms with Crippen molar-refractivity contribution < 1.29 is 9.53 Å². The quantitative estimate of drug-likeness (QED) is 0.314. The molecule has 218 valence electrons. The summed E-state index contributed by atoms with van der Waals surface area (Å²) in [6, 6.07) is 11.4. The van der Waals surface area contributed by atoms with Gasteiger partial charge in [-0.15, -0.1) is 0 Å². The van der Waals surface area contributed by atoms with E-state index >= 15 is 0 Å². The van der Waals surface area contributed by atoms with Crippen molar-refractivity contribution in [3.8, 4) is 0 Å². The Labute approximate surface area is 240 Å². The van der Waals surface area contributed by atoms with E-state index in [4.69, 9.17) is 4.74 Å². The van der Waals surface area contributed by atoms with E-state index in [0.29, 0.717) is 29.5 Å². The number of rotatable bonds is 13. The maximum atomic E-state index is 13.0. The lowest BCUT2D eigenvalue weighted by Crippen LogP contribution is -2.47. The fourth-order valence-corrected chi connectivity index (χ4v) is 4.37. The molecule has 3 rings (SSSR count). The van der Waals surface area contributed by atoms with E-state index in [2.05, 4.69) is 69.7 Å². The minimum atomic E-state index is -0.384. The number of para-hydroxylation sites is 2. The Morgan fingerprint density at radius 2 is 1.70 bits per heavy atom. The third-order valence-corrected chi connectivity index (χ3v) is 6.43. The molecule has 9 nitrogen and oxygen atoms in total. The SMILES string of the molecule is C=C(Nc1ccccc1NC(=O)c1ccc(CN(CCN2CCN(C)CC2)C(=C)NC(C)C)cn1)OC(C)(C)C. The first-order valence-electron chi connectivity index (χ1n) is 14.0. The van der Waals surface area contributed by atoms with Gasteiger partial charge in [0.1, 0.15) is 11.3 Å². The third kappa shape index (κ3) is 10.2. The van der Waals surface area contributed by atoms with Gasteiger partial charge in [-0.3, -0.25) is 14.7 Å². The maximum absolute atomic E-state index is 13.0. The Morgan fingerprint density at radius 1 is 1.05 bits per heavy atom. The Morgan fingerprint density at radius 3 is 2.27 bits per heavy atom. The number of carbonyl (C=O) groups excluding carboxylic acids is 1. The molecule has 1 aromatic carbocycles. The summed E-state index contributed by atoms with van der Waals surface area (Å²) in [4.78, 5) is 24.6. The molecule has 3 N–H and O–H groups in total. The molecule has 0 aliphatic carbocycles. The van der Waals surface area contributed by atoms with Gasteiger partial charge in [0.15, 0.2) is 5.88 Å². The highest BCUT2D eigenvalue weighted by Crippen LogP contribution is 2.24. The Kier molecular flexibility index (Phi) is 11.0. The van der Waals surface area contributed by atoms with Gasteiger partial charge in [0.05, 0.1) is 17.2 Å². The Bertz CT molecular complexity index is 1130. The fraction of sp³-hybridized carbons (Fsp3) is 0.484. The first-order valence-corrected chi connectivity index (χ1v) is 14.0. The average Bonchev–Trinajstić information content (AvgIpc) is 2.87. The number of benzene rings is 1. The van der Waals surface area contributed by atoms with Crippen LogP contribution in [0.25, 0.3) is 0 Å². The number of hydrogen-bond donors (Lipinski definition) is 3. The number of nitrogens with one attached hydrogen (secondary N) is 3. The van der Waals surface area contributed by atoms with Gasteiger partial charge in [-0.1, -0.05) is 24.8 Å². The number of ether oxygens (including phenoxy) is 1. The van der Waals surface area contributed by atoms with Gasteiger partial charge in [-0.05, 0) is 72.0 Å². The number of carbonyl (C=O) groups is 1. The lowest BCUT2D eigenvalue weighted by molar-refractivity contribution is 0.0565. The molecule has 0 spiro atoms. The average molecular weight is 550 g/mol. The van der Waals surface area contributed by atoms with Crippen LogP contribution < -0.4 is 16.0 Å². The highest BCUT2D eigenvalue weighted by atomic mass is 16.5. The van der Waals surface area contributed by atoms with Crippen LogP contribution in [0.1, 0.15) is 50.7 Å². The summed E-state index contributed by atoms with van der Waals surface area (Å²) < 4.78 is 5.78. The topological polar surface area (TPSA) is 85.0 Å². The molecule has 0 unspecified atom stereocenters. The second-order valence-corrected chi connectivity index (χ2v) is 11.6. The molecular formula is C31H47N7O2. The minimum absolute atomic E-state index is 0.289. The Hall–Kier alpha value is -3.56. The zero-order valence-electron chi connectivity index (χ0n) is 25.1. The zero-order chi connectivity index (χ0) is 29.3. The molecule has 1 aliphatic heterocycles. The highest BCUT2D eigenvalue weighted by Gasteiger charge is 2.18. The molecule has 2 heterocycles. The molecule has 1 aromatic heterocycles. The number of amides is 1. The van der Waals surface area contributed by atoms with Crippen molar-refractivity contribution in [1.29, 1.82) is 0 Å². The van der Waals surface area contributed by atoms with Crippen LogP contribution >= 0.6 is 0 Å². The van der Waals surface area contributed by atoms with Crippen molar-refractivity contribution in [2.45, 2.75) is 52.8 Å². The Balaban J connectivity index is 1.63. The molecule has 0 radical (unpaired) electrons. The van der Waals surface area contributed by atoms with Crippen LogP contribution in [0.5, 0.6) is 0 Å². The van der Waals surface area contributed by atoms with Gasteiger partial charge in [0.25, 0.3) is 5.91 Å². The van der Waals surface area contributed by atoms with Gasteiger partial charge in [0, 0.05) is 58.1 Å². The first kappa shape index (κ1) is 31.0. The van der Waals surface area contributed by atoms with E-state index in [1.807, 2.05) is 51.1 Å². The fourth-order valence-electron chi connectivity index (χ4n) is 4.37. The van der Waals surface area contributed by atoms with Crippen molar-refractivity contribution in [1.82, 2.24) is 25.0 Å². The number of anilines is 2. The molecule has 2 aromatic rings.